The van der Waals surface area contributed by atoms with Crippen molar-refractivity contribution in [3.05, 3.63) is 29.5 Å². The van der Waals surface area contributed by atoms with Gasteiger partial charge in [-0.3, -0.25) is 0 Å². The van der Waals surface area contributed by atoms with Crippen molar-refractivity contribution in [1.82, 2.24) is 10.3 Å². The summed E-state index contributed by atoms with van der Waals surface area (Å²) < 4.78 is 5.92. The zero-order valence-electron chi connectivity index (χ0n) is 20.0. The van der Waals surface area contributed by atoms with Crippen molar-refractivity contribution in [3.63, 3.8) is 0 Å². The third-order valence-electron chi connectivity index (χ3n) is 5.61. The molecule has 1 aromatic heterocycles. The number of aliphatic hydroxyl groups is 2. The Labute approximate surface area is 193 Å². The van der Waals surface area contributed by atoms with Gasteiger partial charge in [0.05, 0.1) is 5.52 Å². The number of nitriles is 1. The summed E-state index contributed by atoms with van der Waals surface area (Å²) in [5.74, 6) is 0.694. The van der Waals surface area contributed by atoms with Gasteiger partial charge in [-0.05, 0) is 57.7 Å². The summed E-state index contributed by atoms with van der Waals surface area (Å²) in [4.78, 5) is 3.23. The highest BCUT2D eigenvalue weighted by atomic mass is 16.5. The molecule has 2 rings (SSSR count). The Morgan fingerprint density at radius 1 is 1.06 bits per heavy atom. The van der Waals surface area contributed by atoms with Crippen LogP contribution in [0.15, 0.2) is 18.2 Å². The largest absolute Gasteiger partial charge is 0.490 e. The quantitative estimate of drug-likeness (QED) is 0.296. The lowest BCUT2D eigenvalue weighted by Gasteiger charge is -2.23. The number of β-amino-alcohol motifs (C(OH)–C–C–N with tert-alkyl or cyclic N) is 1. The molecule has 4 N–H and O–H groups in total. The normalized spacial score (nSPS) is 12.8. The Kier molecular flexibility index (Phi) is 11.0. The molecule has 6 heteroatoms. The molecule has 178 valence electrons. The number of H-pyrrole nitrogens is 1. The van der Waals surface area contributed by atoms with E-state index in [1.54, 1.807) is 0 Å². The average Bonchev–Trinajstić information content (AvgIpc) is 3.20. The van der Waals surface area contributed by atoms with E-state index in [2.05, 4.69) is 43.2 Å². The Morgan fingerprint density at radius 3 is 2.34 bits per heavy atom. The number of nitrogens with zero attached hydrogens (tertiary/aromatic N) is 1. The number of ether oxygens (including phenoxy) is 1. The minimum Gasteiger partial charge on any atom is -0.490 e. The lowest BCUT2D eigenvalue weighted by molar-refractivity contribution is 0.101. The molecule has 0 aliphatic heterocycles. The van der Waals surface area contributed by atoms with Crippen LogP contribution < -0.4 is 10.1 Å². The number of unbranched alkanes of at least 4 members (excludes halogenated alkanes) is 7. The summed E-state index contributed by atoms with van der Waals surface area (Å²) >= 11 is 0. The van der Waals surface area contributed by atoms with Gasteiger partial charge in [0, 0.05) is 24.1 Å². The molecule has 0 fully saturated rings. The van der Waals surface area contributed by atoms with Crippen molar-refractivity contribution >= 4 is 10.9 Å². The minimum atomic E-state index is -0.609. The molecule has 2 aromatic rings. The van der Waals surface area contributed by atoms with Gasteiger partial charge in [-0.15, -0.1) is 0 Å². The third-order valence-corrected chi connectivity index (χ3v) is 5.61. The lowest BCUT2D eigenvalue weighted by atomic mass is 10.0. The second-order valence-corrected chi connectivity index (χ2v) is 9.70. The number of nitrogens with one attached hydrogen (secondary N) is 2. The van der Waals surface area contributed by atoms with E-state index in [1.807, 2.05) is 12.1 Å². The molecule has 1 aromatic carbocycles. The number of aliphatic hydroxyl groups excluding tert-OH is 2. The molecule has 1 heterocycles. The highest BCUT2D eigenvalue weighted by Gasteiger charge is 2.15. The molecule has 0 spiro atoms. The maximum Gasteiger partial charge on any atom is 0.128 e. The fourth-order valence-electron chi connectivity index (χ4n) is 3.80. The van der Waals surface area contributed by atoms with E-state index in [-0.39, 0.29) is 12.1 Å². The second kappa shape index (κ2) is 13.5. The van der Waals surface area contributed by atoms with Crippen LogP contribution in [0, 0.1) is 11.3 Å². The standard InChI is InChI=1S/C26H41N3O3/c1-26(2,3)28-18-22(31)19-32-24-14-13-20(25-23(24)16-21(17-27)29-25)12-10-8-6-4-5-7-9-11-15-30/h13-14,16,22,28-31H,4-12,15,18-19H2,1-3H3/t22-/m0/s1. The van der Waals surface area contributed by atoms with Gasteiger partial charge in [-0.2, -0.15) is 5.26 Å². The topological polar surface area (TPSA) is 101 Å². The summed E-state index contributed by atoms with van der Waals surface area (Å²) in [6.07, 6.45) is 9.65. The maximum absolute atomic E-state index is 10.2. The first-order valence-corrected chi connectivity index (χ1v) is 12.1. The number of hydrogen-bond acceptors (Lipinski definition) is 5. The molecule has 0 saturated carbocycles. The van der Waals surface area contributed by atoms with E-state index in [4.69, 9.17) is 9.84 Å². The summed E-state index contributed by atoms with van der Waals surface area (Å²) in [5.41, 5.74) is 2.63. The number of aromatic nitrogens is 1. The van der Waals surface area contributed by atoms with Gasteiger partial charge in [0.2, 0.25) is 0 Å². The fraction of sp³-hybridized carbons (Fsp3) is 0.654. The van der Waals surface area contributed by atoms with Crippen molar-refractivity contribution in [2.24, 2.45) is 0 Å². The molecule has 1 atom stereocenters. The van der Waals surface area contributed by atoms with Crippen LogP contribution in [0.4, 0.5) is 0 Å². The monoisotopic (exact) mass is 443 g/mol. The molecule has 0 amide bonds. The van der Waals surface area contributed by atoms with Crippen molar-refractivity contribution in [2.75, 3.05) is 19.8 Å². The Bertz CT molecular complexity index is 848. The molecule has 0 bridgehead atoms. The van der Waals surface area contributed by atoms with Gasteiger partial charge in [0.15, 0.2) is 0 Å². The summed E-state index contributed by atoms with van der Waals surface area (Å²) in [7, 11) is 0. The zero-order chi connectivity index (χ0) is 23.4. The second-order valence-electron chi connectivity index (χ2n) is 9.70. The highest BCUT2D eigenvalue weighted by molar-refractivity contribution is 5.90. The van der Waals surface area contributed by atoms with Crippen molar-refractivity contribution in [2.45, 2.75) is 90.2 Å². The van der Waals surface area contributed by atoms with Crippen LogP contribution in [0.2, 0.25) is 0 Å². The van der Waals surface area contributed by atoms with E-state index in [1.165, 1.54) is 37.7 Å². The van der Waals surface area contributed by atoms with Gasteiger partial charge in [-0.1, -0.05) is 44.6 Å². The van der Waals surface area contributed by atoms with Gasteiger partial charge in [-0.25, -0.2) is 0 Å². The van der Waals surface area contributed by atoms with E-state index < -0.39 is 6.10 Å². The van der Waals surface area contributed by atoms with E-state index in [0.29, 0.717) is 24.6 Å². The maximum atomic E-state index is 10.2. The number of aromatic amines is 1. The first-order valence-electron chi connectivity index (χ1n) is 12.1. The van der Waals surface area contributed by atoms with E-state index in [9.17, 15) is 10.4 Å². The minimum absolute atomic E-state index is 0.0574. The average molecular weight is 444 g/mol. The number of aryl methyl sites for hydroxylation is 1. The van der Waals surface area contributed by atoms with Crippen molar-refractivity contribution < 1.29 is 14.9 Å². The summed E-state index contributed by atoms with van der Waals surface area (Å²) in [6.45, 7) is 7.15. The van der Waals surface area contributed by atoms with Crippen LogP contribution in [0.1, 0.15) is 83.4 Å². The van der Waals surface area contributed by atoms with Crippen LogP contribution in [0.5, 0.6) is 5.75 Å². The van der Waals surface area contributed by atoms with E-state index in [0.717, 1.165) is 36.6 Å². The van der Waals surface area contributed by atoms with Gasteiger partial charge in [0.25, 0.3) is 0 Å². The Morgan fingerprint density at radius 2 is 1.72 bits per heavy atom. The van der Waals surface area contributed by atoms with E-state index >= 15 is 0 Å². The van der Waals surface area contributed by atoms with Gasteiger partial charge < -0.3 is 25.3 Å². The summed E-state index contributed by atoms with van der Waals surface area (Å²) in [6, 6.07) is 8.05. The molecular weight excluding hydrogens is 402 g/mol. The Hall–Kier alpha value is -2.07. The summed E-state index contributed by atoms with van der Waals surface area (Å²) in [5, 5.41) is 32.6. The Balaban J connectivity index is 1.88. The van der Waals surface area contributed by atoms with Gasteiger partial charge in [0.1, 0.15) is 30.2 Å². The van der Waals surface area contributed by atoms with Crippen LogP contribution in [-0.4, -0.2) is 46.6 Å². The zero-order valence-corrected chi connectivity index (χ0v) is 20.0. The molecular formula is C26H41N3O3. The number of rotatable bonds is 15. The molecule has 0 aliphatic rings. The predicted molar refractivity (Wildman–Crippen MR) is 130 cm³/mol. The molecule has 0 radical (unpaired) electrons. The van der Waals surface area contributed by atoms with Gasteiger partial charge >= 0.3 is 0 Å². The molecule has 0 saturated heterocycles. The predicted octanol–water partition coefficient (Wildman–Crippen LogP) is 4.82. The highest BCUT2D eigenvalue weighted by Crippen LogP contribution is 2.30. The van der Waals surface area contributed by atoms with Crippen LogP contribution in [0.25, 0.3) is 10.9 Å². The first kappa shape index (κ1) is 26.2. The number of hydrogen-bond donors (Lipinski definition) is 4. The lowest BCUT2D eigenvalue weighted by Crippen LogP contribution is -2.42. The van der Waals surface area contributed by atoms with Crippen molar-refractivity contribution in [3.8, 4) is 11.8 Å². The number of fused-ring (bicyclic) bond motifs is 1. The van der Waals surface area contributed by atoms with Crippen molar-refractivity contribution in [1.29, 1.82) is 5.26 Å². The first-order chi connectivity index (χ1) is 15.3. The smallest absolute Gasteiger partial charge is 0.128 e. The van der Waals surface area contributed by atoms with Crippen LogP contribution in [0.3, 0.4) is 0 Å². The molecule has 6 nitrogen and oxygen atoms in total. The molecule has 32 heavy (non-hydrogen) atoms. The molecule has 0 aliphatic carbocycles. The van der Waals surface area contributed by atoms with Crippen LogP contribution in [-0.2, 0) is 6.42 Å². The van der Waals surface area contributed by atoms with Crippen LogP contribution >= 0.6 is 0 Å². The number of benzene rings is 1. The SMILES string of the molecule is CC(C)(C)NC[C@H](O)COc1ccc(CCCCCCCCCCO)c2[nH]c(C#N)cc12. The third kappa shape index (κ3) is 9.20. The fourth-order valence-corrected chi connectivity index (χ4v) is 3.80. The molecule has 0 unspecified atom stereocenters.